The van der Waals surface area contributed by atoms with E-state index in [0.717, 1.165) is 0 Å². The second-order valence-electron chi connectivity index (χ2n) is 7.33. The maximum Gasteiger partial charge on any atom is 0.331 e. The first-order valence-electron chi connectivity index (χ1n) is 9.89. The molecular weight excluding hydrogens is 420 g/mol. The Labute approximate surface area is 185 Å². The summed E-state index contributed by atoms with van der Waals surface area (Å²) < 4.78 is 21.7. The summed E-state index contributed by atoms with van der Waals surface area (Å²) in [5.41, 5.74) is 1.44. The standard InChI is InChI=1S/C23H26O9/c1-29-18-7-13(3-5-16(18)24)11-31-20-9-15(23(27)28)10-21(22(20)26)32-12-14-4-6-17(25)19(8-14)30-2/h3-9,20-22,24-26H,10-12H2,1-2H3,(H,27,28)/t20-,21-,22-/m1/s1. The third kappa shape index (κ3) is 5.50. The normalized spacial score (nSPS) is 20.5. The first-order valence-corrected chi connectivity index (χ1v) is 9.89. The molecule has 0 aromatic heterocycles. The minimum Gasteiger partial charge on any atom is -0.504 e. The molecule has 0 amide bonds. The van der Waals surface area contributed by atoms with E-state index in [0.29, 0.717) is 11.1 Å². The quantitative estimate of drug-likeness (QED) is 0.458. The molecule has 1 aliphatic carbocycles. The number of benzene rings is 2. The summed E-state index contributed by atoms with van der Waals surface area (Å²) in [6, 6.07) is 9.41. The van der Waals surface area contributed by atoms with Crippen molar-refractivity contribution < 1.29 is 44.2 Å². The molecule has 0 radical (unpaired) electrons. The predicted molar refractivity (Wildman–Crippen MR) is 113 cm³/mol. The van der Waals surface area contributed by atoms with E-state index < -0.39 is 24.3 Å². The van der Waals surface area contributed by atoms with Crippen LogP contribution in [0.25, 0.3) is 0 Å². The predicted octanol–water partition coefficient (Wildman–Crippen LogP) is 2.36. The summed E-state index contributed by atoms with van der Waals surface area (Å²) in [6.07, 6.45) is -1.43. The summed E-state index contributed by atoms with van der Waals surface area (Å²) in [7, 11) is 2.86. The SMILES string of the molecule is COc1cc(CO[C@@H]2C=C(C(=O)O)C[C@@H](OCc3ccc(O)c(OC)c3)[C@@H]2O)ccc1O. The van der Waals surface area contributed by atoms with Crippen LogP contribution in [-0.2, 0) is 27.5 Å². The van der Waals surface area contributed by atoms with Crippen LogP contribution in [0.15, 0.2) is 48.0 Å². The fourth-order valence-electron chi connectivity index (χ4n) is 3.40. The molecule has 0 bridgehead atoms. The van der Waals surface area contributed by atoms with Gasteiger partial charge in [0.05, 0.1) is 33.5 Å². The van der Waals surface area contributed by atoms with Gasteiger partial charge in [0.15, 0.2) is 23.0 Å². The molecule has 0 fully saturated rings. The van der Waals surface area contributed by atoms with E-state index >= 15 is 0 Å². The highest BCUT2D eigenvalue weighted by Crippen LogP contribution is 2.30. The van der Waals surface area contributed by atoms with Crippen LogP contribution in [0, 0.1) is 0 Å². The van der Waals surface area contributed by atoms with Crippen molar-refractivity contribution in [3.8, 4) is 23.0 Å². The van der Waals surface area contributed by atoms with Crippen molar-refractivity contribution in [1.29, 1.82) is 0 Å². The molecule has 0 saturated carbocycles. The van der Waals surface area contributed by atoms with Gasteiger partial charge in [-0.3, -0.25) is 0 Å². The molecule has 0 saturated heterocycles. The number of rotatable bonds is 9. The Balaban J connectivity index is 1.70. The van der Waals surface area contributed by atoms with Crippen LogP contribution >= 0.6 is 0 Å². The Morgan fingerprint density at radius 2 is 1.47 bits per heavy atom. The van der Waals surface area contributed by atoms with Crippen molar-refractivity contribution in [2.24, 2.45) is 0 Å². The molecule has 2 aromatic carbocycles. The topological polar surface area (TPSA) is 135 Å². The van der Waals surface area contributed by atoms with Gasteiger partial charge < -0.3 is 39.4 Å². The fourth-order valence-corrected chi connectivity index (χ4v) is 3.40. The summed E-state index contributed by atoms with van der Waals surface area (Å²) in [5.74, 6) is -0.572. The van der Waals surface area contributed by atoms with Gasteiger partial charge in [-0.2, -0.15) is 0 Å². The number of phenolic OH excluding ortho intramolecular Hbond substituents is 2. The Morgan fingerprint density at radius 3 is 1.97 bits per heavy atom. The van der Waals surface area contributed by atoms with Crippen LogP contribution in [0.2, 0.25) is 0 Å². The summed E-state index contributed by atoms with van der Waals surface area (Å²) >= 11 is 0. The van der Waals surface area contributed by atoms with Crippen molar-refractivity contribution in [3.05, 3.63) is 59.2 Å². The molecular formula is C23H26O9. The van der Waals surface area contributed by atoms with Crippen LogP contribution in [0.4, 0.5) is 0 Å². The summed E-state index contributed by atoms with van der Waals surface area (Å²) in [5, 5.41) is 39.7. The van der Waals surface area contributed by atoms with Gasteiger partial charge in [-0.1, -0.05) is 12.1 Å². The average molecular weight is 446 g/mol. The highest BCUT2D eigenvalue weighted by Gasteiger charge is 2.35. The minimum atomic E-state index is -1.11. The van der Waals surface area contributed by atoms with Crippen LogP contribution < -0.4 is 9.47 Å². The van der Waals surface area contributed by atoms with Gasteiger partial charge in [0.25, 0.3) is 0 Å². The largest absolute Gasteiger partial charge is 0.504 e. The Kier molecular flexibility index (Phi) is 7.57. The number of aromatic hydroxyl groups is 2. The number of ether oxygens (including phenoxy) is 4. The smallest absolute Gasteiger partial charge is 0.331 e. The number of carboxylic acid groups (broad SMARTS) is 1. The third-order valence-electron chi connectivity index (χ3n) is 5.17. The molecule has 172 valence electrons. The number of aliphatic carboxylic acids is 1. The van der Waals surface area contributed by atoms with E-state index in [1.54, 1.807) is 24.3 Å². The van der Waals surface area contributed by atoms with Crippen molar-refractivity contribution >= 4 is 5.97 Å². The lowest BCUT2D eigenvalue weighted by atomic mass is 9.92. The molecule has 0 unspecified atom stereocenters. The number of phenols is 2. The zero-order valence-corrected chi connectivity index (χ0v) is 17.7. The van der Waals surface area contributed by atoms with Gasteiger partial charge in [-0.05, 0) is 41.5 Å². The molecule has 9 heteroatoms. The molecule has 3 rings (SSSR count). The highest BCUT2D eigenvalue weighted by molar-refractivity contribution is 5.87. The lowest BCUT2D eigenvalue weighted by Gasteiger charge is -2.33. The zero-order chi connectivity index (χ0) is 23.3. The van der Waals surface area contributed by atoms with Gasteiger partial charge in [-0.25, -0.2) is 4.79 Å². The van der Waals surface area contributed by atoms with E-state index in [1.165, 1.54) is 32.4 Å². The molecule has 0 heterocycles. The summed E-state index contributed by atoms with van der Waals surface area (Å²) in [6.45, 7) is 0.136. The highest BCUT2D eigenvalue weighted by atomic mass is 16.5. The zero-order valence-electron chi connectivity index (χ0n) is 17.7. The molecule has 0 aliphatic heterocycles. The number of aliphatic hydroxyl groups is 1. The van der Waals surface area contributed by atoms with E-state index in [9.17, 15) is 25.2 Å². The second kappa shape index (κ2) is 10.4. The Morgan fingerprint density at radius 1 is 0.938 bits per heavy atom. The molecule has 2 aromatic rings. The molecule has 32 heavy (non-hydrogen) atoms. The third-order valence-corrected chi connectivity index (χ3v) is 5.17. The first kappa shape index (κ1) is 23.4. The number of carboxylic acids is 1. The molecule has 3 atom stereocenters. The Hall–Kier alpha value is -3.27. The van der Waals surface area contributed by atoms with Crippen molar-refractivity contribution in [2.45, 2.75) is 37.9 Å². The minimum absolute atomic E-state index is 0.00984. The van der Waals surface area contributed by atoms with Crippen molar-refractivity contribution in [3.63, 3.8) is 0 Å². The van der Waals surface area contributed by atoms with Crippen molar-refractivity contribution in [1.82, 2.24) is 0 Å². The number of methoxy groups -OCH3 is 2. The van der Waals surface area contributed by atoms with Gasteiger partial charge in [0.1, 0.15) is 12.2 Å². The number of hydrogen-bond acceptors (Lipinski definition) is 8. The van der Waals surface area contributed by atoms with E-state index in [4.69, 9.17) is 18.9 Å². The molecule has 4 N–H and O–H groups in total. The lowest BCUT2D eigenvalue weighted by molar-refractivity contribution is -0.137. The lowest BCUT2D eigenvalue weighted by Crippen LogP contribution is -2.43. The van der Waals surface area contributed by atoms with Gasteiger partial charge in [0.2, 0.25) is 0 Å². The Bertz CT molecular complexity index is 985. The summed E-state index contributed by atoms with van der Waals surface area (Å²) in [4.78, 5) is 11.6. The first-order chi connectivity index (χ1) is 15.3. The van der Waals surface area contributed by atoms with E-state index in [2.05, 4.69) is 0 Å². The number of aliphatic hydroxyl groups excluding tert-OH is 1. The molecule has 0 spiro atoms. The van der Waals surface area contributed by atoms with Gasteiger partial charge >= 0.3 is 5.97 Å². The van der Waals surface area contributed by atoms with E-state index in [1.807, 2.05) is 0 Å². The van der Waals surface area contributed by atoms with Gasteiger partial charge in [0, 0.05) is 12.0 Å². The fraction of sp³-hybridized carbons (Fsp3) is 0.348. The van der Waals surface area contributed by atoms with E-state index in [-0.39, 0.29) is 48.2 Å². The number of carbonyl (C=O) groups is 1. The van der Waals surface area contributed by atoms with Crippen LogP contribution in [0.3, 0.4) is 0 Å². The molecule has 9 nitrogen and oxygen atoms in total. The van der Waals surface area contributed by atoms with Gasteiger partial charge in [-0.15, -0.1) is 0 Å². The van der Waals surface area contributed by atoms with Crippen LogP contribution in [-0.4, -0.2) is 58.9 Å². The second-order valence-corrected chi connectivity index (χ2v) is 7.33. The monoisotopic (exact) mass is 446 g/mol. The maximum atomic E-state index is 11.6. The van der Waals surface area contributed by atoms with Crippen LogP contribution in [0.1, 0.15) is 17.5 Å². The maximum absolute atomic E-state index is 11.6. The molecule has 1 aliphatic rings. The van der Waals surface area contributed by atoms with Crippen LogP contribution in [0.5, 0.6) is 23.0 Å². The van der Waals surface area contributed by atoms with Crippen molar-refractivity contribution in [2.75, 3.05) is 14.2 Å². The number of hydrogen-bond donors (Lipinski definition) is 4. The average Bonchev–Trinajstić information content (AvgIpc) is 2.79.